The molecule has 1 N–H and O–H groups in total. The zero-order valence-corrected chi connectivity index (χ0v) is 11.9. The molecule has 1 aliphatic heterocycles. The number of carbonyl (C=O) groups is 1. The molecule has 0 aromatic heterocycles. The molecule has 8 nitrogen and oxygen atoms in total. The Morgan fingerprint density at radius 3 is 2.35 bits per heavy atom. The van der Waals surface area contributed by atoms with Gasteiger partial charge in [-0.25, -0.2) is 0 Å². The van der Waals surface area contributed by atoms with Gasteiger partial charge in [0.25, 0.3) is 0 Å². The highest BCUT2D eigenvalue weighted by Gasteiger charge is 2.30. The zero-order valence-electron chi connectivity index (χ0n) is 11.9. The minimum Gasteiger partial charge on any atom is -0.453 e. The summed E-state index contributed by atoms with van der Waals surface area (Å²) < 4.78 is 11.4. The van der Waals surface area contributed by atoms with Gasteiger partial charge in [-0.05, 0) is 12.1 Å². The van der Waals surface area contributed by atoms with Gasteiger partial charge in [-0.15, -0.1) is 5.43 Å². The first-order valence-corrected chi connectivity index (χ1v) is 6.61. The first-order chi connectivity index (χ1) is 11.1. The van der Waals surface area contributed by atoms with Crippen molar-refractivity contribution in [3.63, 3.8) is 0 Å². The lowest BCUT2D eigenvalue weighted by Crippen LogP contribution is -2.31. The molecular weight excluding hydrogens is 302 g/mol. The molecule has 0 spiro atoms. The third-order valence-electron chi connectivity index (χ3n) is 3.23. The monoisotopic (exact) mass is 314 g/mol. The minimum absolute atomic E-state index is 0.0105. The average Bonchev–Trinajstić information content (AvgIpc) is 3.01. The van der Waals surface area contributed by atoms with Crippen LogP contribution in [-0.4, -0.2) is 29.0 Å². The number of nitrogens with zero attached hydrogens (tertiary/aromatic N) is 2. The summed E-state index contributed by atoms with van der Waals surface area (Å²) in [6.07, 6.45) is 0. The fourth-order valence-corrected chi connectivity index (χ4v) is 2.12. The van der Waals surface area contributed by atoms with Gasteiger partial charge in [0, 0.05) is 5.56 Å². The Kier molecular flexibility index (Phi) is 3.63. The van der Waals surface area contributed by atoms with Crippen LogP contribution in [0.3, 0.4) is 0 Å². The van der Waals surface area contributed by atoms with Crippen LogP contribution in [0.2, 0.25) is 0 Å². The second-order valence-corrected chi connectivity index (χ2v) is 4.69. The molecule has 0 fully saturated rings. The Balaban J connectivity index is 1.90. The Morgan fingerprint density at radius 2 is 1.74 bits per heavy atom. The number of ether oxygens (including phenoxy) is 2. The Hall–Kier alpha value is -3.42. The number of nitrogens with one attached hydrogen (secondary N) is 1. The lowest BCUT2D eigenvalue weighted by atomic mass is 10.2. The lowest BCUT2D eigenvalue weighted by molar-refractivity contribution is -0.492. The van der Waals surface area contributed by atoms with Gasteiger partial charge in [0.15, 0.2) is 18.2 Å². The molecule has 8 heteroatoms. The quantitative estimate of drug-likeness (QED) is 0.403. The minimum atomic E-state index is -0.579. The van der Waals surface area contributed by atoms with Crippen molar-refractivity contribution in [2.24, 2.45) is 0 Å². The van der Waals surface area contributed by atoms with Crippen LogP contribution in [0.4, 0.5) is 11.4 Å². The summed E-state index contributed by atoms with van der Waals surface area (Å²) in [4.78, 5) is 22.8. The van der Waals surface area contributed by atoms with Crippen molar-refractivity contribution < 1.29 is 23.9 Å². The van der Waals surface area contributed by atoms with Gasteiger partial charge in [0.05, 0.1) is 17.1 Å². The van der Waals surface area contributed by atoms with Crippen LogP contribution < -0.4 is 14.9 Å². The summed E-state index contributed by atoms with van der Waals surface area (Å²) in [5.74, 6) is 0.198. The molecule has 1 heterocycles. The number of fused-ring (bicyclic) bond motifs is 1. The summed E-state index contributed by atoms with van der Waals surface area (Å²) in [5, 5.41) is 11.2. The van der Waals surface area contributed by atoms with Crippen LogP contribution >= 0.6 is 0 Å². The van der Waals surface area contributed by atoms with E-state index in [9.17, 15) is 14.9 Å². The molecule has 0 saturated heterocycles. The van der Waals surface area contributed by atoms with E-state index in [-0.39, 0.29) is 23.9 Å². The van der Waals surface area contributed by atoms with Crippen LogP contribution in [0.1, 0.15) is 10.4 Å². The van der Waals surface area contributed by atoms with Crippen LogP contribution in [0.5, 0.6) is 11.5 Å². The maximum Gasteiger partial charge on any atom is 0.346 e. The number of rotatable bonds is 4. The van der Waals surface area contributed by atoms with E-state index in [0.717, 1.165) is 4.68 Å². The summed E-state index contributed by atoms with van der Waals surface area (Å²) in [6, 6.07) is 11.1. The molecule has 1 aliphatic rings. The fourth-order valence-electron chi connectivity index (χ4n) is 2.12. The molecule has 116 valence electrons. The molecular formula is C15H12N3O5+. The van der Waals surface area contributed by atoms with E-state index in [1.165, 1.54) is 12.1 Å². The number of nitro benzene ring substituents is 1. The van der Waals surface area contributed by atoms with Crippen molar-refractivity contribution in [1.29, 1.82) is 0 Å². The first-order valence-electron chi connectivity index (χ1n) is 6.61. The highest BCUT2D eigenvalue weighted by Crippen LogP contribution is 2.41. The maximum atomic E-state index is 12.1. The predicted octanol–water partition coefficient (Wildman–Crippen LogP) is 2.01. The number of benzene rings is 2. The Labute approximate surface area is 130 Å². The van der Waals surface area contributed by atoms with Crippen molar-refractivity contribution in [3.8, 4) is 11.5 Å². The standard InChI is InChI=1S/C15H11N3O5/c1-17(16-15(19)10-5-3-2-4-6-10)11-7-13-14(23-9-22-13)8-12(11)18(20)21/h2-8H,1,9H2/p+1. The number of hydrazone groups is 1. The fraction of sp³-hybridized carbons (Fsp3) is 0.0667. The zero-order chi connectivity index (χ0) is 16.4. The maximum absolute atomic E-state index is 12.1. The van der Waals surface area contributed by atoms with Crippen LogP contribution in [0, 0.1) is 10.1 Å². The highest BCUT2D eigenvalue weighted by molar-refractivity contribution is 5.93. The van der Waals surface area contributed by atoms with E-state index in [2.05, 4.69) is 12.1 Å². The summed E-state index contributed by atoms with van der Waals surface area (Å²) in [6.45, 7) is 3.63. The van der Waals surface area contributed by atoms with Crippen LogP contribution in [-0.2, 0) is 0 Å². The van der Waals surface area contributed by atoms with E-state index in [1.807, 2.05) is 0 Å². The van der Waals surface area contributed by atoms with Crippen molar-refractivity contribution in [1.82, 2.24) is 5.43 Å². The number of hydrogen-bond donors (Lipinski definition) is 1. The first kappa shape index (κ1) is 14.5. The van der Waals surface area contributed by atoms with Gasteiger partial charge < -0.3 is 9.47 Å². The third-order valence-corrected chi connectivity index (χ3v) is 3.23. The molecule has 0 atom stereocenters. The molecule has 0 radical (unpaired) electrons. The molecule has 1 amide bonds. The predicted molar refractivity (Wildman–Crippen MR) is 80.2 cm³/mol. The van der Waals surface area contributed by atoms with Crippen LogP contribution in [0.15, 0.2) is 42.5 Å². The molecule has 3 rings (SSSR count). The van der Waals surface area contributed by atoms with Crippen molar-refractivity contribution in [2.75, 3.05) is 6.79 Å². The average molecular weight is 314 g/mol. The number of carbonyl (C=O) groups excluding carboxylic acids is 1. The summed E-state index contributed by atoms with van der Waals surface area (Å²) >= 11 is 0. The molecule has 23 heavy (non-hydrogen) atoms. The van der Waals surface area contributed by atoms with E-state index >= 15 is 0 Å². The van der Waals surface area contributed by atoms with Gasteiger partial charge in [-0.3, -0.25) is 14.9 Å². The third kappa shape index (κ3) is 2.82. The number of hydrogen-bond acceptors (Lipinski definition) is 5. The second kappa shape index (κ2) is 5.76. The number of hydrazine groups is 1. The topological polar surface area (TPSA) is 93.7 Å². The molecule has 2 aromatic carbocycles. The summed E-state index contributed by atoms with van der Waals surface area (Å²) in [5.41, 5.74) is 2.72. The van der Waals surface area contributed by atoms with Gasteiger partial charge in [-0.2, -0.15) is 0 Å². The van der Waals surface area contributed by atoms with E-state index in [1.54, 1.807) is 30.3 Å². The SMILES string of the molecule is C=[N+](NC(=O)c1ccccc1)c1cc2c(cc1[N+](=O)[O-])OCO2. The smallest absolute Gasteiger partial charge is 0.346 e. The number of amides is 1. The van der Waals surface area contributed by atoms with Gasteiger partial charge in [-0.1, -0.05) is 22.9 Å². The van der Waals surface area contributed by atoms with Gasteiger partial charge >= 0.3 is 17.3 Å². The molecule has 0 aliphatic carbocycles. The van der Waals surface area contributed by atoms with E-state index in [0.29, 0.717) is 11.3 Å². The van der Waals surface area contributed by atoms with Crippen molar-refractivity contribution in [3.05, 3.63) is 58.1 Å². The lowest BCUT2D eigenvalue weighted by Gasteiger charge is -2.04. The molecule has 0 bridgehead atoms. The van der Waals surface area contributed by atoms with E-state index in [4.69, 9.17) is 9.47 Å². The Bertz CT molecular complexity index is 804. The van der Waals surface area contributed by atoms with Crippen LogP contribution in [0.25, 0.3) is 0 Å². The second-order valence-electron chi connectivity index (χ2n) is 4.69. The van der Waals surface area contributed by atoms with Gasteiger partial charge in [0.2, 0.25) is 6.79 Å². The van der Waals surface area contributed by atoms with Crippen molar-refractivity contribution in [2.45, 2.75) is 0 Å². The summed E-state index contributed by atoms with van der Waals surface area (Å²) in [7, 11) is 0. The molecule has 2 aromatic rings. The Morgan fingerprint density at radius 1 is 1.13 bits per heavy atom. The molecule has 0 saturated carbocycles. The normalized spacial score (nSPS) is 11.8. The largest absolute Gasteiger partial charge is 0.453 e. The number of nitro groups is 1. The van der Waals surface area contributed by atoms with Gasteiger partial charge in [0.1, 0.15) is 0 Å². The highest BCUT2D eigenvalue weighted by atomic mass is 16.7. The molecule has 0 unspecified atom stereocenters. The van der Waals surface area contributed by atoms with Crippen molar-refractivity contribution >= 4 is 24.0 Å². The van der Waals surface area contributed by atoms with E-state index < -0.39 is 10.8 Å².